The predicted molar refractivity (Wildman–Crippen MR) is 119 cm³/mol. The van der Waals surface area contributed by atoms with Crippen LogP contribution in [0, 0.1) is 12.3 Å². The molecule has 0 bridgehead atoms. The Balaban J connectivity index is 1.75. The van der Waals surface area contributed by atoms with E-state index in [1.54, 1.807) is 24.3 Å². The van der Waals surface area contributed by atoms with E-state index in [9.17, 15) is 9.59 Å². The van der Waals surface area contributed by atoms with Gasteiger partial charge in [-0.3, -0.25) is 15.0 Å². The molecule has 5 N–H and O–H groups in total. The van der Waals surface area contributed by atoms with Gasteiger partial charge in [0.1, 0.15) is 5.84 Å². The number of hydrogen-bond acceptors (Lipinski definition) is 3. The van der Waals surface area contributed by atoms with Crippen molar-refractivity contribution in [3.05, 3.63) is 101 Å². The number of rotatable bonds is 7. The molecule has 6 nitrogen and oxygen atoms in total. The summed E-state index contributed by atoms with van der Waals surface area (Å²) in [7, 11) is 0. The van der Waals surface area contributed by atoms with Crippen molar-refractivity contribution in [1.29, 1.82) is 5.41 Å². The quantitative estimate of drug-likeness (QED) is 0.361. The first-order valence-corrected chi connectivity index (χ1v) is 9.58. The fraction of sp³-hybridized carbons (Fsp3) is 0.125. The zero-order valence-electron chi connectivity index (χ0n) is 16.7. The second-order valence-corrected chi connectivity index (χ2v) is 7.05. The van der Waals surface area contributed by atoms with Gasteiger partial charge in [-0.2, -0.15) is 0 Å². The molecular weight excluding hydrogens is 376 g/mol. The molecule has 3 aromatic rings. The lowest BCUT2D eigenvalue weighted by atomic mass is 10.1. The molecule has 3 rings (SSSR count). The fourth-order valence-corrected chi connectivity index (χ4v) is 3.05. The van der Waals surface area contributed by atoms with Crippen molar-refractivity contribution < 1.29 is 9.59 Å². The first kappa shape index (κ1) is 20.8. The molecule has 3 aromatic carbocycles. The molecular formula is C24H24N4O2. The van der Waals surface area contributed by atoms with E-state index in [4.69, 9.17) is 11.1 Å². The smallest absolute Gasteiger partial charge is 0.251 e. The Hall–Kier alpha value is -3.93. The maximum atomic E-state index is 12.5. The Morgan fingerprint density at radius 2 is 1.70 bits per heavy atom. The molecule has 152 valence electrons. The van der Waals surface area contributed by atoms with Crippen molar-refractivity contribution >= 4 is 23.3 Å². The predicted octanol–water partition coefficient (Wildman–Crippen LogP) is 3.39. The number of nitrogens with one attached hydrogen (secondary N) is 3. The van der Waals surface area contributed by atoms with Crippen LogP contribution in [0.15, 0.2) is 72.8 Å². The molecule has 0 unspecified atom stereocenters. The maximum Gasteiger partial charge on any atom is 0.251 e. The summed E-state index contributed by atoms with van der Waals surface area (Å²) in [5.41, 5.74) is 9.82. The third kappa shape index (κ3) is 5.54. The van der Waals surface area contributed by atoms with E-state index in [0.717, 1.165) is 16.7 Å². The van der Waals surface area contributed by atoms with Gasteiger partial charge in [-0.15, -0.1) is 0 Å². The van der Waals surface area contributed by atoms with Crippen molar-refractivity contribution in [2.24, 2.45) is 5.73 Å². The van der Waals surface area contributed by atoms with Crippen molar-refractivity contribution in [2.45, 2.75) is 19.9 Å². The maximum absolute atomic E-state index is 12.5. The van der Waals surface area contributed by atoms with E-state index in [-0.39, 0.29) is 30.6 Å². The minimum Gasteiger partial charge on any atom is -0.384 e. The van der Waals surface area contributed by atoms with Gasteiger partial charge in [0.15, 0.2) is 0 Å². The molecule has 6 heteroatoms. The Kier molecular flexibility index (Phi) is 6.60. The lowest BCUT2D eigenvalue weighted by Gasteiger charge is -2.14. The molecule has 30 heavy (non-hydrogen) atoms. The summed E-state index contributed by atoms with van der Waals surface area (Å²) in [4.78, 5) is 25.0. The van der Waals surface area contributed by atoms with Gasteiger partial charge in [-0.25, -0.2) is 0 Å². The average molecular weight is 400 g/mol. The highest BCUT2D eigenvalue weighted by Gasteiger charge is 2.12. The van der Waals surface area contributed by atoms with Crippen LogP contribution in [-0.2, 0) is 17.8 Å². The molecule has 0 aliphatic rings. The normalized spacial score (nSPS) is 10.3. The van der Waals surface area contributed by atoms with Crippen LogP contribution < -0.4 is 16.4 Å². The molecule has 0 radical (unpaired) electrons. The zero-order valence-corrected chi connectivity index (χ0v) is 16.7. The van der Waals surface area contributed by atoms with E-state index >= 15 is 0 Å². The van der Waals surface area contributed by atoms with Crippen LogP contribution in [0.3, 0.4) is 0 Å². The Labute approximate surface area is 175 Å². The molecule has 0 saturated heterocycles. The van der Waals surface area contributed by atoms with Crippen LogP contribution in [0.1, 0.15) is 32.6 Å². The number of aryl methyl sites for hydroxylation is 1. The molecule has 0 atom stereocenters. The number of nitrogen functional groups attached to an aromatic ring is 1. The van der Waals surface area contributed by atoms with Crippen LogP contribution in [0.4, 0.5) is 5.69 Å². The summed E-state index contributed by atoms with van der Waals surface area (Å²) in [5.74, 6) is -0.479. The zero-order chi connectivity index (χ0) is 21.5. The highest BCUT2D eigenvalue weighted by atomic mass is 16.2. The number of nitrogens with two attached hydrogens (primary N) is 1. The summed E-state index contributed by atoms with van der Waals surface area (Å²) >= 11 is 0. The summed E-state index contributed by atoms with van der Waals surface area (Å²) in [6.07, 6.45) is 0.222. The third-order valence-corrected chi connectivity index (χ3v) is 4.62. The Morgan fingerprint density at radius 3 is 2.40 bits per heavy atom. The Morgan fingerprint density at radius 1 is 0.933 bits per heavy atom. The van der Waals surface area contributed by atoms with E-state index in [0.29, 0.717) is 16.8 Å². The number of benzene rings is 3. The topological polar surface area (TPSA) is 108 Å². The van der Waals surface area contributed by atoms with E-state index in [1.807, 2.05) is 55.5 Å². The van der Waals surface area contributed by atoms with Gasteiger partial charge in [0.2, 0.25) is 5.91 Å². The summed E-state index contributed by atoms with van der Waals surface area (Å²) in [6.45, 7) is 2.16. The van der Waals surface area contributed by atoms with E-state index in [2.05, 4.69) is 10.6 Å². The number of anilines is 1. The van der Waals surface area contributed by atoms with Gasteiger partial charge in [0, 0.05) is 23.4 Å². The van der Waals surface area contributed by atoms with Crippen LogP contribution >= 0.6 is 0 Å². The van der Waals surface area contributed by atoms with Gasteiger partial charge in [0.05, 0.1) is 6.42 Å². The molecule has 0 spiro atoms. The van der Waals surface area contributed by atoms with E-state index in [1.165, 1.54) is 0 Å². The third-order valence-electron chi connectivity index (χ3n) is 4.62. The number of hydrogen-bond donors (Lipinski definition) is 4. The number of carbonyl (C=O) groups is 2. The van der Waals surface area contributed by atoms with E-state index < -0.39 is 0 Å². The lowest BCUT2D eigenvalue weighted by Crippen LogP contribution is -2.24. The van der Waals surface area contributed by atoms with Gasteiger partial charge in [0.25, 0.3) is 5.91 Å². The van der Waals surface area contributed by atoms with Crippen molar-refractivity contribution in [2.75, 3.05) is 5.32 Å². The number of carbonyl (C=O) groups excluding carboxylic acids is 2. The standard InChI is InChI=1S/C24H24N4O2/c1-16-6-5-9-19(12-16)24(30)27-15-20-11-10-18(23(25)26)14-21(20)28-22(29)13-17-7-3-2-4-8-17/h2-12,14H,13,15H2,1H3,(H3,25,26)(H,27,30)(H,28,29). The van der Waals surface area contributed by atoms with Crippen molar-refractivity contribution in [1.82, 2.24) is 5.32 Å². The van der Waals surface area contributed by atoms with Crippen LogP contribution in [0.25, 0.3) is 0 Å². The first-order valence-electron chi connectivity index (χ1n) is 9.58. The monoisotopic (exact) mass is 400 g/mol. The van der Waals surface area contributed by atoms with Crippen molar-refractivity contribution in [3.63, 3.8) is 0 Å². The lowest BCUT2D eigenvalue weighted by molar-refractivity contribution is -0.115. The van der Waals surface area contributed by atoms with Crippen LogP contribution in [-0.4, -0.2) is 17.6 Å². The minimum absolute atomic E-state index is 0.0936. The second-order valence-electron chi connectivity index (χ2n) is 7.05. The molecule has 0 heterocycles. The molecule has 0 saturated carbocycles. The number of amidine groups is 1. The molecule has 0 aliphatic carbocycles. The second kappa shape index (κ2) is 9.52. The molecule has 0 aliphatic heterocycles. The molecule has 0 fully saturated rings. The SMILES string of the molecule is Cc1cccc(C(=O)NCc2ccc(C(=N)N)cc2NC(=O)Cc2ccccc2)c1. The highest BCUT2D eigenvalue weighted by Crippen LogP contribution is 2.19. The average Bonchev–Trinajstić information content (AvgIpc) is 2.73. The summed E-state index contributed by atoms with van der Waals surface area (Å²) in [5, 5.41) is 13.4. The van der Waals surface area contributed by atoms with Gasteiger partial charge in [-0.05, 0) is 36.2 Å². The fourth-order valence-electron chi connectivity index (χ4n) is 3.05. The first-order chi connectivity index (χ1) is 14.4. The summed E-state index contributed by atoms with van der Waals surface area (Å²) < 4.78 is 0. The summed E-state index contributed by atoms with van der Waals surface area (Å²) in [6, 6.07) is 21.9. The minimum atomic E-state index is -0.198. The van der Waals surface area contributed by atoms with Gasteiger partial charge >= 0.3 is 0 Å². The van der Waals surface area contributed by atoms with Crippen molar-refractivity contribution in [3.8, 4) is 0 Å². The highest BCUT2D eigenvalue weighted by molar-refractivity contribution is 5.99. The van der Waals surface area contributed by atoms with Gasteiger partial charge < -0.3 is 16.4 Å². The largest absolute Gasteiger partial charge is 0.384 e. The Bertz CT molecular complexity index is 1080. The molecule has 0 aromatic heterocycles. The van der Waals surface area contributed by atoms with Crippen LogP contribution in [0.5, 0.6) is 0 Å². The number of amides is 2. The van der Waals surface area contributed by atoms with Crippen LogP contribution in [0.2, 0.25) is 0 Å². The van der Waals surface area contributed by atoms with Gasteiger partial charge in [-0.1, -0.05) is 60.2 Å². The molecule has 2 amide bonds.